The Morgan fingerprint density at radius 2 is 1.56 bits per heavy atom. The molecule has 1 amide bonds. The maximum atomic E-state index is 12.5. The van der Waals surface area contributed by atoms with Gasteiger partial charge in [0.25, 0.3) is 0 Å². The molecule has 0 aliphatic heterocycles. The lowest BCUT2D eigenvalue weighted by Gasteiger charge is -2.15. The number of anilines is 1. The number of carboxylic acid groups (broad SMARTS) is 1. The first-order valence-corrected chi connectivity index (χ1v) is 10.0. The highest BCUT2D eigenvalue weighted by molar-refractivity contribution is 5.93. The lowest BCUT2D eigenvalue weighted by molar-refractivity contribution is -0.136. The van der Waals surface area contributed by atoms with E-state index < -0.39 is 18.0 Å². The van der Waals surface area contributed by atoms with E-state index in [-0.39, 0.29) is 30.2 Å². The maximum Gasteiger partial charge on any atom is 0.411 e. The molecule has 0 aromatic heterocycles. The van der Waals surface area contributed by atoms with Crippen LogP contribution in [-0.4, -0.2) is 36.9 Å². The summed E-state index contributed by atoms with van der Waals surface area (Å²) in [5.41, 5.74) is 5.19. The van der Waals surface area contributed by atoms with Gasteiger partial charge in [-0.3, -0.25) is 10.1 Å². The molecule has 2 N–H and O–H groups in total. The molecule has 0 spiro atoms. The third-order valence-corrected chi connectivity index (χ3v) is 5.36. The molecule has 0 unspecified atom stereocenters. The summed E-state index contributed by atoms with van der Waals surface area (Å²) >= 11 is 0. The largest absolute Gasteiger partial charge is 0.481 e. The fourth-order valence-corrected chi connectivity index (χ4v) is 4.03. The number of esters is 1. The average Bonchev–Trinajstić information content (AvgIpc) is 3.10. The van der Waals surface area contributed by atoms with Crippen LogP contribution in [0.25, 0.3) is 11.1 Å². The molecule has 0 heterocycles. The van der Waals surface area contributed by atoms with Crippen molar-refractivity contribution in [2.45, 2.75) is 12.3 Å². The third kappa shape index (κ3) is 4.32. The van der Waals surface area contributed by atoms with Crippen molar-refractivity contribution in [3.05, 3.63) is 89.0 Å². The second-order valence-electron chi connectivity index (χ2n) is 7.43. The zero-order valence-electron chi connectivity index (χ0n) is 17.3. The monoisotopic (exact) mass is 431 g/mol. The lowest BCUT2D eigenvalue weighted by atomic mass is 9.98. The molecule has 4 rings (SSSR count). The Kier molecular flexibility index (Phi) is 5.89. The topological polar surface area (TPSA) is 102 Å². The van der Waals surface area contributed by atoms with Crippen LogP contribution in [0, 0.1) is 0 Å². The minimum atomic E-state index is -1.06. The first kappa shape index (κ1) is 21.1. The van der Waals surface area contributed by atoms with E-state index in [1.54, 1.807) is 0 Å². The van der Waals surface area contributed by atoms with Gasteiger partial charge >= 0.3 is 18.0 Å². The van der Waals surface area contributed by atoms with Gasteiger partial charge in [0.05, 0.1) is 19.1 Å². The van der Waals surface area contributed by atoms with Crippen molar-refractivity contribution >= 4 is 23.7 Å². The predicted molar refractivity (Wildman–Crippen MR) is 118 cm³/mol. The van der Waals surface area contributed by atoms with Crippen LogP contribution in [0.15, 0.2) is 66.7 Å². The van der Waals surface area contributed by atoms with Gasteiger partial charge in [-0.1, -0.05) is 48.5 Å². The highest BCUT2D eigenvalue weighted by Gasteiger charge is 2.29. The van der Waals surface area contributed by atoms with Gasteiger partial charge in [-0.15, -0.1) is 0 Å². The number of carbonyl (C=O) groups is 3. The Hall–Kier alpha value is -4.13. The number of fused-ring (bicyclic) bond motifs is 3. The van der Waals surface area contributed by atoms with Crippen molar-refractivity contribution in [1.82, 2.24) is 0 Å². The van der Waals surface area contributed by atoms with Gasteiger partial charge in [0.15, 0.2) is 0 Å². The van der Waals surface area contributed by atoms with Gasteiger partial charge < -0.3 is 14.6 Å². The van der Waals surface area contributed by atoms with Crippen LogP contribution in [-0.2, 0) is 20.7 Å². The third-order valence-electron chi connectivity index (χ3n) is 5.36. The molecule has 7 heteroatoms. The van der Waals surface area contributed by atoms with Crippen LogP contribution >= 0.6 is 0 Å². The van der Waals surface area contributed by atoms with Crippen molar-refractivity contribution in [3.8, 4) is 11.1 Å². The predicted octanol–water partition coefficient (Wildman–Crippen LogP) is 4.46. The van der Waals surface area contributed by atoms with Crippen molar-refractivity contribution in [3.63, 3.8) is 0 Å². The second kappa shape index (κ2) is 8.93. The molecule has 0 saturated carbocycles. The lowest BCUT2D eigenvalue weighted by Crippen LogP contribution is -2.18. The zero-order valence-corrected chi connectivity index (χ0v) is 17.3. The quantitative estimate of drug-likeness (QED) is 0.559. The number of nitrogens with one attached hydrogen (secondary N) is 1. The summed E-state index contributed by atoms with van der Waals surface area (Å²) in [7, 11) is 1.23. The summed E-state index contributed by atoms with van der Waals surface area (Å²) in [6.07, 6.45) is -1.00. The Bertz CT molecular complexity index is 1160. The maximum absolute atomic E-state index is 12.5. The normalized spacial score (nSPS) is 11.9. The molecule has 0 bridgehead atoms. The van der Waals surface area contributed by atoms with E-state index in [4.69, 9.17) is 14.6 Å². The van der Waals surface area contributed by atoms with Gasteiger partial charge in [-0.2, -0.15) is 0 Å². The Morgan fingerprint density at radius 3 is 2.16 bits per heavy atom. The molecular formula is C25H21NO6. The molecule has 7 nitrogen and oxygen atoms in total. The number of rotatable bonds is 6. The molecule has 3 aromatic carbocycles. The van der Waals surface area contributed by atoms with Crippen molar-refractivity contribution in [1.29, 1.82) is 0 Å². The highest BCUT2D eigenvalue weighted by Crippen LogP contribution is 2.44. The van der Waals surface area contributed by atoms with E-state index >= 15 is 0 Å². The van der Waals surface area contributed by atoms with Crippen LogP contribution in [0.3, 0.4) is 0 Å². The number of hydrogen-bond donors (Lipinski definition) is 2. The highest BCUT2D eigenvalue weighted by atomic mass is 16.5. The Morgan fingerprint density at radius 1 is 0.938 bits per heavy atom. The van der Waals surface area contributed by atoms with E-state index in [1.807, 2.05) is 36.4 Å². The van der Waals surface area contributed by atoms with Crippen molar-refractivity contribution in [2.75, 3.05) is 19.0 Å². The summed E-state index contributed by atoms with van der Waals surface area (Å²) in [6, 6.07) is 20.4. The minimum Gasteiger partial charge on any atom is -0.481 e. The SMILES string of the molecule is COC(=O)c1cc(CC(=O)O)cc(NC(=O)OCC2c3ccccc3-c3ccccc32)c1. The summed E-state index contributed by atoms with van der Waals surface area (Å²) in [5, 5.41) is 11.6. The number of methoxy groups -OCH3 is 1. The van der Waals surface area contributed by atoms with Crippen LogP contribution < -0.4 is 5.32 Å². The standard InChI is InChI=1S/C25H21NO6/c1-31-24(29)16-10-15(12-23(27)28)11-17(13-16)26-25(30)32-14-22-20-8-4-2-6-18(20)19-7-3-5-9-21(19)22/h2-11,13,22H,12,14H2,1H3,(H,26,30)(H,27,28). The van der Waals surface area contributed by atoms with Gasteiger partial charge in [0, 0.05) is 11.6 Å². The summed E-state index contributed by atoms with van der Waals surface area (Å²) in [4.78, 5) is 35.5. The number of carboxylic acids is 1. The molecule has 1 aliphatic rings. The molecule has 0 saturated heterocycles. The Labute approximate surface area is 184 Å². The van der Waals surface area contributed by atoms with Gasteiger partial charge in [-0.25, -0.2) is 9.59 Å². The van der Waals surface area contributed by atoms with E-state index in [9.17, 15) is 14.4 Å². The van der Waals surface area contributed by atoms with Gasteiger partial charge in [0.1, 0.15) is 6.61 Å². The number of benzene rings is 3. The molecule has 1 aliphatic carbocycles. The van der Waals surface area contributed by atoms with Crippen LogP contribution in [0.2, 0.25) is 0 Å². The second-order valence-corrected chi connectivity index (χ2v) is 7.43. The van der Waals surface area contributed by atoms with E-state index in [1.165, 1.54) is 25.3 Å². The van der Waals surface area contributed by atoms with E-state index in [2.05, 4.69) is 17.4 Å². The molecule has 0 atom stereocenters. The van der Waals surface area contributed by atoms with Crippen LogP contribution in [0.4, 0.5) is 10.5 Å². The van der Waals surface area contributed by atoms with E-state index in [0.29, 0.717) is 5.56 Å². The number of aliphatic carboxylic acids is 1. The number of ether oxygens (including phenoxy) is 2. The van der Waals surface area contributed by atoms with Crippen molar-refractivity contribution < 1.29 is 29.0 Å². The zero-order chi connectivity index (χ0) is 22.7. The molecule has 0 fully saturated rings. The minimum absolute atomic E-state index is 0.0860. The molecular weight excluding hydrogens is 410 g/mol. The van der Waals surface area contributed by atoms with E-state index in [0.717, 1.165) is 22.3 Å². The number of amides is 1. The first-order chi connectivity index (χ1) is 15.5. The first-order valence-electron chi connectivity index (χ1n) is 10.0. The van der Waals surface area contributed by atoms with Crippen LogP contribution in [0.1, 0.15) is 33.0 Å². The molecule has 162 valence electrons. The molecule has 3 aromatic rings. The molecule has 0 radical (unpaired) electrons. The van der Waals surface area contributed by atoms with Gasteiger partial charge in [0.2, 0.25) is 0 Å². The smallest absolute Gasteiger partial charge is 0.411 e. The summed E-state index contributed by atoms with van der Waals surface area (Å²) in [6.45, 7) is 0.137. The number of hydrogen-bond acceptors (Lipinski definition) is 5. The fraction of sp³-hybridized carbons (Fsp3) is 0.160. The number of carbonyl (C=O) groups excluding carboxylic acids is 2. The Balaban J connectivity index is 1.50. The fourth-order valence-electron chi connectivity index (χ4n) is 4.03. The van der Waals surface area contributed by atoms with Crippen molar-refractivity contribution in [2.24, 2.45) is 0 Å². The van der Waals surface area contributed by atoms with Gasteiger partial charge in [-0.05, 0) is 46.0 Å². The molecule has 32 heavy (non-hydrogen) atoms. The summed E-state index contributed by atoms with van der Waals surface area (Å²) < 4.78 is 10.2. The summed E-state index contributed by atoms with van der Waals surface area (Å²) in [5.74, 6) is -1.77. The average molecular weight is 431 g/mol. The van der Waals surface area contributed by atoms with Crippen LogP contribution in [0.5, 0.6) is 0 Å².